The van der Waals surface area contributed by atoms with Crippen LogP contribution in [0.25, 0.3) is 11.0 Å². The summed E-state index contributed by atoms with van der Waals surface area (Å²) in [6, 6.07) is 17.3. The number of aromatic nitrogens is 3. The molecule has 2 saturated heterocycles. The summed E-state index contributed by atoms with van der Waals surface area (Å²) in [6.07, 6.45) is 4.09. The zero-order valence-corrected chi connectivity index (χ0v) is 24.0. The van der Waals surface area contributed by atoms with Gasteiger partial charge >= 0.3 is 5.97 Å². The molecular weight excluding hydrogens is 530 g/mol. The Morgan fingerprint density at radius 1 is 1.12 bits per heavy atom. The Hall–Kier alpha value is -4.91. The molecular formula is C32H33N7O3. The van der Waals surface area contributed by atoms with E-state index in [2.05, 4.69) is 40.1 Å². The van der Waals surface area contributed by atoms with Gasteiger partial charge in [-0.25, -0.2) is 14.8 Å². The molecule has 2 fully saturated rings. The normalized spacial score (nSPS) is 19.5. The number of aryl methyl sites for hydroxylation is 1. The fourth-order valence-corrected chi connectivity index (χ4v) is 6.27. The number of nitriles is 1. The lowest BCUT2D eigenvalue weighted by atomic mass is 9.74. The maximum absolute atomic E-state index is 13.2. The van der Waals surface area contributed by atoms with Gasteiger partial charge in [0.1, 0.15) is 24.2 Å². The number of likely N-dealkylation sites (tertiary alicyclic amines) is 1. The Morgan fingerprint density at radius 3 is 2.74 bits per heavy atom. The predicted octanol–water partition coefficient (Wildman–Crippen LogP) is 4.95. The molecule has 0 aliphatic carbocycles. The second-order valence-electron chi connectivity index (χ2n) is 11.2. The number of nitrogens with one attached hydrogen (secondary N) is 1. The molecule has 10 heteroatoms. The van der Waals surface area contributed by atoms with Gasteiger partial charge in [-0.1, -0.05) is 31.2 Å². The number of hydrogen-bond donors (Lipinski definition) is 1. The van der Waals surface area contributed by atoms with Crippen molar-refractivity contribution >= 4 is 40.1 Å². The van der Waals surface area contributed by atoms with Gasteiger partial charge in [0.25, 0.3) is 0 Å². The van der Waals surface area contributed by atoms with Crippen molar-refractivity contribution in [2.45, 2.75) is 45.9 Å². The number of carbonyl (C=O) groups excluding carboxylic acids is 2. The van der Waals surface area contributed by atoms with Crippen molar-refractivity contribution in [3.63, 3.8) is 0 Å². The zero-order valence-electron chi connectivity index (χ0n) is 24.0. The van der Waals surface area contributed by atoms with Crippen LogP contribution in [-0.4, -0.2) is 56.5 Å². The summed E-state index contributed by atoms with van der Waals surface area (Å²) in [4.78, 5) is 38.9. The lowest BCUT2D eigenvalue weighted by Crippen LogP contribution is -2.69. The molecule has 214 valence electrons. The zero-order chi connectivity index (χ0) is 29.4. The molecule has 4 heterocycles. The molecule has 10 nitrogen and oxygen atoms in total. The molecule has 6 rings (SSSR count). The summed E-state index contributed by atoms with van der Waals surface area (Å²) in [5.74, 6) is 0.585. The second-order valence-corrected chi connectivity index (χ2v) is 11.2. The van der Waals surface area contributed by atoms with Gasteiger partial charge in [0.15, 0.2) is 6.73 Å². The lowest BCUT2D eigenvalue weighted by Gasteiger charge is -2.55. The summed E-state index contributed by atoms with van der Waals surface area (Å²) in [6.45, 7) is 8.34. The van der Waals surface area contributed by atoms with E-state index in [0.29, 0.717) is 35.9 Å². The molecule has 2 atom stereocenters. The highest BCUT2D eigenvalue weighted by Gasteiger charge is 2.56. The standard InChI is InChI=1S/C32H33N7O3/c1-21-7-6-10-26(23(21)3)36-27-9-5-4-8-24(27)31(41)42-20-38-15-12-25-29(34-19-35-30(25)38)37-16-13-32(18-37)22(2)17-39(32)28(40)11-14-33/h4-10,12,15,19,22,36H,11,13,16-18,20H2,1-3H3/t22-,32-/m0/s1. The number of ether oxygens (including phenoxy) is 1. The van der Waals surface area contributed by atoms with E-state index >= 15 is 0 Å². The van der Waals surface area contributed by atoms with Gasteiger partial charge in [-0.2, -0.15) is 5.26 Å². The van der Waals surface area contributed by atoms with Crippen LogP contribution in [0, 0.1) is 31.1 Å². The highest BCUT2D eigenvalue weighted by atomic mass is 16.5. The Bertz CT molecular complexity index is 1720. The monoisotopic (exact) mass is 563 g/mol. The number of nitrogens with zero attached hydrogens (tertiary/aromatic N) is 6. The molecule has 2 aromatic heterocycles. The van der Waals surface area contributed by atoms with Gasteiger partial charge in [-0.05, 0) is 61.6 Å². The molecule has 1 N–H and O–H groups in total. The fourth-order valence-electron chi connectivity index (χ4n) is 6.27. The second kappa shape index (κ2) is 10.8. The van der Waals surface area contributed by atoms with Crippen LogP contribution in [0.2, 0.25) is 0 Å². The number of benzene rings is 2. The third-order valence-electron chi connectivity index (χ3n) is 8.91. The highest BCUT2D eigenvalue weighted by molar-refractivity contribution is 5.96. The van der Waals surface area contributed by atoms with Crippen molar-refractivity contribution in [1.82, 2.24) is 19.4 Å². The van der Waals surface area contributed by atoms with E-state index < -0.39 is 5.97 Å². The van der Waals surface area contributed by atoms with Crippen molar-refractivity contribution in [3.8, 4) is 6.07 Å². The number of fused-ring (bicyclic) bond motifs is 1. The smallest absolute Gasteiger partial charge is 0.341 e. The number of anilines is 3. The first kappa shape index (κ1) is 27.3. The molecule has 0 bridgehead atoms. The molecule has 4 aromatic rings. The van der Waals surface area contributed by atoms with E-state index in [9.17, 15) is 9.59 Å². The molecule has 2 aliphatic heterocycles. The van der Waals surface area contributed by atoms with E-state index in [1.165, 1.54) is 6.33 Å². The van der Waals surface area contributed by atoms with Crippen LogP contribution in [0.15, 0.2) is 61.1 Å². The summed E-state index contributed by atoms with van der Waals surface area (Å²) >= 11 is 0. The van der Waals surface area contributed by atoms with Crippen molar-refractivity contribution < 1.29 is 14.3 Å². The molecule has 2 aromatic carbocycles. The summed E-state index contributed by atoms with van der Waals surface area (Å²) in [5, 5.41) is 13.3. The number of hydrogen-bond acceptors (Lipinski definition) is 8. The molecule has 2 aliphatic rings. The van der Waals surface area contributed by atoms with Crippen molar-refractivity contribution in [2.75, 3.05) is 29.9 Å². The van der Waals surface area contributed by atoms with Crippen LogP contribution in [-0.2, 0) is 16.3 Å². The molecule has 0 unspecified atom stereocenters. The predicted molar refractivity (Wildman–Crippen MR) is 159 cm³/mol. The summed E-state index contributed by atoms with van der Waals surface area (Å²) in [7, 11) is 0. The van der Waals surface area contributed by atoms with Gasteiger partial charge < -0.3 is 19.9 Å². The average molecular weight is 564 g/mol. The average Bonchev–Trinajstić information content (AvgIpc) is 3.64. The van der Waals surface area contributed by atoms with Crippen LogP contribution in [0.5, 0.6) is 0 Å². The fraction of sp³-hybridized carbons (Fsp3) is 0.344. The van der Waals surface area contributed by atoms with Crippen LogP contribution >= 0.6 is 0 Å². The molecule has 1 amide bonds. The largest absolute Gasteiger partial charge is 0.440 e. The van der Waals surface area contributed by atoms with Gasteiger partial charge in [-0.3, -0.25) is 9.36 Å². The lowest BCUT2D eigenvalue weighted by molar-refractivity contribution is -0.152. The van der Waals surface area contributed by atoms with Gasteiger partial charge in [-0.15, -0.1) is 0 Å². The molecule has 42 heavy (non-hydrogen) atoms. The number of para-hydroxylation sites is 1. The third-order valence-corrected chi connectivity index (χ3v) is 8.91. The SMILES string of the molecule is Cc1cccc(Nc2ccccc2C(=O)OCn2ccc3c(N4CC[C@]5(C4)[C@@H](C)CN5C(=O)CC#N)ncnc32)c1C. The van der Waals surface area contributed by atoms with Crippen molar-refractivity contribution in [1.29, 1.82) is 5.26 Å². The topological polar surface area (TPSA) is 116 Å². The highest BCUT2D eigenvalue weighted by Crippen LogP contribution is 2.45. The van der Waals surface area contributed by atoms with Crippen molar-refractivity contribution in [2.24, 2.45) is 5.92 Å². The molecule has 1 spiro atoms. The van der Waals surface area contributed by atoms with E-state index in [0.717, 1.165) is 41.0 Å². The minimum absolute atomic E-state index is 0.00595. The first-order chi connectivity index (χ1) is 20.3. The van der Waals surface area contributed by atoms with Gasteiger partial charge in [0.2, 0.25) is 5.91 Å². The Morgan fingerprint density at radius 2 is 1.93 bits per heavy atom. The molecule has 0 radical (unpaired) electrons. The Labute approximate surface area is 244 Å². The van der Waals surface area contributed by atoms with Crippen LogP contribution in [0.4, 0.5) is 17.2 Å². The van der Waals surface area contributed by atoms with Crippen molar-refractivity contribution in [3.05, 3.63) is 77.7 Å². The van der Waals surface area contributed by atoms with Crippen LogP contribution in [0.3, 0.4) is 0 Å². The number of rotatable bonds is 7. The maximum Gasteiger partial charge on any atom is 0.341 e. The van der Waals surface area contributed by atoms with E-state index in [-0.39, 0.29) is 24.6 Å². The third kappa shape index (κ3) is 4.61. The number of carbonyl (C=O) groups is 2. The summed E-state index contributed by atoms with van der Waals surface area (Å²) < 4.78 is 7.55. The minimum atomic E-state index is -0.442. The van der Waals surface area contributed by atoms with E-state index in [1.807, 2.05) is 60.5 Å². The van der Waals surface area contributed by atoms with E-state index in [4.69, 9.17) is 10.00 Å². The number of amides is 1. The molecule has 0 saturated carbocycles. The Kier molecular flexibility index (Phi) is 7.02. The summed E-state index contributed by atoms with van der Waals surface area (Å²) in [5.41, 5.74) is 4.72. The van der Waals surface area contributed by atoms with Crippen LogP contribution in [0.1, 0.15) is 41.3 Å². The first-order valence-electron chi connectivity index (χ1n) is 14.1. The van der Waals surface area contributed by atoms with E-state index in [1.54, 1.807) is 10.6 Å². The number of esters is 1. The minimum Gasteiger partial charge on any atom is -0.440 e. The first-order valence-corrected chi connectivity index (χ1v) is 14.1. The van der Waals surface area contributed by atoms with Gasteiger partial charge in [0, 0.05) is 31.5 Å². The van der Waals surface area contributed by atoms with Gasteiger partial charge in [0.05, 0.1) is 28.2 Å². The maximum atomic E-state index is 13.2. The van der Waals surface area contributed by atoms with Crippen LogP contribution < -0.4 is 10.2 Å². The Balaban J connectivity index is 1.18. The quantitative estimate of drug-likeness (QED) is 0.314.